The van der Waals surface area contributed by atoms with Crippen LogP contribution in [0.4, 0.5) is 0 Å². The van der Waals surface area contributed by atoms with Gasteiger partial charge in [-0.25, -0.2) is 13.1 Å². The third kappa shape index (κ3) is 4.45. The fourth-order valence-electron chi connectivity index (χ4n) is 3.72. The topological polar surface area (TPSA) is 91.4 Å². The Kier molecular flexibility index (Phi) is 5.78. The molecule has 3 rings (SSSR count). The Bertz CT molecular complexity index is 945. The second-order valence-corrected chi connectivity index (χ2v) is 8.95. The molecule has 0 radical (unpaired) electrons. The van der Waals surface area contributed by atoms with Gasteiger partial charge in [-0.1, -0.05) is 6.07 Å². The number of nitrogens with zero attached hydrogens (tertiary/aromatic N) is 2. The predicted molar refractivity (Wildman–Crippen MR) is 105 cm³/mol. The van der Waals surface area contributed by atoms with Crippen LogP contribution in [0.2, 0.25) is 0 Å². The molecular weight excluding hydrogens is 364 g/mol. The molecule has 0 aliphatic carbocycles. The van der Waals surface area contributed by atoms with Crippen molar-refractivity contribution in [3.8, 4) is 0 Å². The quantitative estimate of drug-likeness (QED) is 0.821. The number of hydrogen-bond donors (Lipinski definition) is 2. The third-order valence-electron chi connectivity index (χ3n) is 4.97. The molecule has 1 amide bonds. The van der Waals surface area contributed by atoms with Crippen molar-refractivity contribution in [1.29, 1.82) is 0 Å². The van der Waals surface area contributed by atoms with Crippen molar-refractivity contribution in [2.24, 2.45) is 5.92 Å². The molecule has 2 heterocycles. The van der Waals surface area contributed by atoms with Gasteiger partial charge in [-0.3, -0.25) is 9.78 Å². The van der Waals surface area contributed by atoms with Gasteiger partial charge in [0.05, 0.1) is 11.4 Å². The Labute approximate surface area is 160 Å². The van der Waals surface area contributed by atoms with Gasteiger partial charge in [0, 0.05) is 37.8 Å². The summed E-state index contributed by atoms with van der Waals surface area (Å²) < 4.78 is 29.1. The Hall–Kier alpha value is -2.03. The molecule has 1 aromatic carbocycles. The van der Waals surface area contributed by atoms with Crippen LogP contribution < -0.4 is 10.0 Å². The fourth-order valence-corrected chi connectivity index (χ4v) is 5.24. The van der Waals surface area contributed by atoms with E-state index in [0.717, 1.165) is 10.9 Å². The van der Waals surface area contributed by atoms with Gasteiger partial charge in [-0.05, 0) is 50.6 Å². The van der Waals surface area contributed by atoms with Gasteiger partial charge in [0.2, 0.25) is 15.9 Å². The first kappa shape index (κ1) is 19.7. The Balaban J connectivity index is 1.86. The van der Waals surface area contributed by atoms with Crippen LogP contribution in [0.15, 0.2) is 35.4 Å². The summed E-state index contributed by atoms with van der Waals surface area (Å²) in [6.45, 7) is 3.05. The van der Waals surface area contributed by atoms with E-state index >= 15 is 0 Å². The van der Waals surface area contributed by atoms with E-state index in [4.69, 9.17) is 0 Å². The van der Waals surface area contributed by atoms with Gasteiger partial charge >= 0.3 is 0 Å². The lowest BCUT2D eigenvalue weighted by Gasteiger charge is -2.22. The van der Waals surface area contributed by atoms with E-state index in [1.54, 1.807) is 25.4 Å². The molecule has 8 heteroatoms. The zero-order chi connectivity index (χ0) is 19.6. The molecule has 0 bridgehead atoms. The number of carbonyl (C=O) groups is 1. The van der Waals surface area contributed by atoms with E-state index in [-0.39, 0.29) is 22.8 Å². The van der Waals surface area contributed by atoms with Crippen molar-refractivity contribution in [1.82, 2.24) is 19.9 Å². The lowest BCUT2D eigenvalue weighted by Crippen LogP contribution is -2.41. The monoisotopic (exact) mass is 390 g/mol. The van der Waals surface area contributed by atoms with Crippen LogP contribution in [0.3, 0.4) is 0 Å². The maximum absolute atomic E-state index is 13.1. The lowest BCUT2D eigenvalue weighted by molar-refractivity contribution is -0.125. The number of amides is 1. The molecule has 27 heavy (non-hydrogen) atoms. The van der Waals surface area contributed by atoms with Gasteiger partial charge in [-0.2, -0.15) is 0 Å². The molecule has 7 nitrogen and oxygen atoms in total. The number of fused-ring (bicyclic) bond motifs is 1. The Morgan fingerprint density at radius 2 is 2.04 bits per heavy atom. The highest BCUT2D eigenvalue weighted by atomic mass is 32.2. The maximum Gasteiger partial charge on any atom is 0.243 e. The molecule has 146 valence electrons. The van der Waals surface area contributed by atoms with Crippen molar-refractivity contribution < 1.29 is 13.2 Å². The molecule has 1 fully saturated rings. The molecule has 1 aliphatic rings. The first-order valence-electron chi connectivity index (χ1n) is 9.08. The summed E-state index contributed by atoms with van der Waals surface area (Å²) in [5, 5.41) is 3.49. The van der Waals surface area contributed by atoms with E-state index < -0.39 is 10.0 Å². The number of nitrogens with one attached hydrogen (secondary N) is 2. The minimum atomic E-state index is -3.73. The van der Waals surface area contributed by atoms with Crippen molar-refractivity contribution >= 4 is 26.8 Å². The summed E-state index contributed by atoms with van der Waals surface area (Å²) in [7, 11) is -0.194. The van der Waals surface area contributed by atoms with E-state index in [2.05, 4.69) is 15.0 Å². The molecule has 0 spiro atoms. The van der Waals surface area contributed by atoms with Gasteiger partial charge < -0.3 is 10.2 Å². The summed E-state index contributed by atoms with van der Waals surface area (Å²) in [4.78, 5) is 18.5. The number of hydrogen-bond acceptors (Lipinski definition) is 5. The SMILES string of the molecule is CNC(=O)[C@@H]1CC[C@H](NS(=O)(=O)c2cc(C)cc3cccnc23)CN(C)C1. The van der Waals surface area contributed by atoms with Crippen molar-refractivity contribution in [3.63, 3.8) is 0 Å². The van der Waals surface area contributed by atoms with Crippen LogP contribution in [-0.4, -0.2) is 57.4 Å². The van der Waals surface area contributed by atoms with Gasteiger partial charge in [0.1, 0.15) is 4.90 Å². The number of likely N-dealkylation sites (N-methyl/N-ethyl adjacent to an activating group) is 1. The zero-order valence-corrected chi connectivity index (χ0v) is 16.7. The summed E-state index contributed by atoms with van der Waals surface area (Å²) in [5.74, 6) is -0.129. The first-order chi connectivity index (χ1) is 12.8. The van der Waals surface area contributed by atoms with Gasteiger partial charge in [0.25, 0.3) is 0 Å². The Morgan fingerprint density at radius 1 is 1.26 bits per heavy atom. The zero-order valence-electron chi connectivity index (χ0n) is 15.9. The second kappa shape index (κ2) is 7.92. The lowest BCUT2D eigenvalue weighted by atomic mass is 10.0. The number of benzene rings is 1. The van der Waals surface area contributed by atoms with E-state index in [1.807, 2.05) is 31.0 Å². The largest absolute Gasteiger partial charge is 0.359 e. The predicted octanol–water partition coefficient (Wildman–Crippen LogP) is 1.28. The summed E-state index contributed by atoms with van der Waals surface area (Å²) in [5.41, 5.74) is 1.34. The molecule has 0 saturated carbocycles. The summed E-state index contributed by atoms with van der Waals surface area (Å²) in [6.07, 6.45) is 2.85. The van der Waals surface area contributed by atoms with E-state index in [9.17, 15) is 13.2 Å². The number of likely N-dealkylation sites (tertiary alicyclic amines) is 1. The smallest absolute Gasteiger partial charge is 0.243 e. The number of rotatable bonds is 4. The van der Waals surface area contributed by atoms with Gasteiger partial charge in [-0.15, -0.1) is 0 Å². The average Bonchev–Trinajstić information content (AvgIpc) is 2.80. The van der Waals surface area contributed by atoms with Crippen molar-refractivity contribution in [3.05, 3.63) is 36.0 Å². The Morgan fingerprint density at radius 3 is 2.78 bits per heavy atom. The first-order valence-corrected chi connectivity index (χ1v) is 10.6. The number of carbonyl (C=O) groups excluding carboxylic acids is 1. The van der Waals surface area contributed by atoms with E-state index in [0.29, 0.717) is 31.4 Å². The molecule has 1 saturated heterocycles. The number of aryl methyl sites for hydroxylation is 1. The van der Waals surface area contributed by atoms with E-state index in [1.165, 1.54) is 0 Å². The third-order valence-corrected chi connectivity index (χ3v) is 6.50. The molecule has 2 atom stereocenters. The second-order valence-electron chi connectivity index (χ2n) is 7.27. The number of pyridine rings is 1. The van der Waals surface area contributed by atoms with Crippen LogP contribution in [0.5, 0.6) is 0 Å². The molecule has 2 N–H and O–H groups in total. The molecule has 0 unspecified atom stereocenters. The molecule has 2 aromatic rings. The summed E-state index contributed by atoms with van der Waals surface area (Å²) in [6, 6.07) is 6.99. The molecular formula is C19H26N4O3S. The van der Waals surface area contributed by atoms with Crippen LogP contribution in [-0.2, 0) is 14.8 Å². The minimum absolute atomic E-state index is 0.000708. The highest BCUT2D eigenvalue weighted by molar-refractivity contribution is 7.89. The fraction of sp³-hybridized carbons (Fsp3) is 0.474. The van der Waals surface area contributed by atoms with Crippen LogP contribution >= 0.6 is 0 Å². The average molecular weight is 391 g/mol. The van der Waals surface area contributed by atoms with Crippen LogP contribution in [0.1, 0.15) is 18.4 Å². The number of aromatic nitrogens is 1. The van der Waals surface area contributed by atoms with Crippen LogP contribution in [0.25, 0.3) is 10.9 Å². The summed E-state index contributed by atoms with van der Waals surface area (Å²) >= 11 is 0. The van der Waals surface area contributed by atoms with Crippen molar-refractivity contribution in [2.75, 3.05) is 27.2 Å². The molecule has 1 aromatic heterocycles. The molecule has 1 aliphatic heterocycles. The highest BCUT2D eigenvalue weighted by Crippen LogP contribution is 2.24. The highest BCUT2D eigenvalue weighted by Gasteiger charge is 2.29. The normalized spacial score (nSPS) is 21.7. The maximum atomic E-state index is 13.1. The van der Waals surface area contributed by atoms with Crippen LogP contribution in [0, 0.1) is 12.8 Å². The number of sulfonamides is 1. The van der Waals surface area contributed by atoms with Crippen molar-refractivity contribution in [2.45, 2.75) is 30.7 Å². The minimum Gasteiger partial charge on any atom is -0.359 e. The van der Waals surface area contributed by atoms with Gasteiger partial charge in [0.15, 0.2) is 0 Å². The standard InChI is InChI=1S/C19H26N4O3S/c1-13-9-14-5-4-8-21-18(14)17(10-13)27(25,26)22-16-7-6-15(19(24)20-2)11-23(3)12-16/h4-5,8-10,15-16,22H,6-7,11-12H2,1-3H3,(H,20,24)/t15-,16+/m1/s1.